The first-order chi connectivity index (χ1) is 13.5. The van der Waals surface area contributed by atoms with Gasteiger partial charge in [0.05, 0.1) is 12.9 Å². The van der Waals surface area contributed by atoms with Gasteiger partial charge in [0.25, 0.3) is 0 Å². The second kappa shape index (κ2) is 9.02. The number of nitrogens with one attached hydrogen (secondary N) is 1. The third-order valence-corrected chi connectivity index (χ3v) is 5.48. The summed E-state index contributed by atoms with van der Waals surface area (Å²) in [6.45, 7) is 3.73. The summed E-state index contributed by atoms with van der Waals surface area (Å²) >= 11 is 2.62. The fourth-order valence-corrected chi connectivity index (χ4v) is 3.68. The van der Waals surface area contributed by atoms with Crippen molar-refractivity contribution < 1.29 is 14.3 Å². The predicted molar refractivity (Wildman–Crippen MR) is 107 cm³/mol. The Morgan fingerprint density at radius 3 is 2.57 bits per heavy atom. The topological polar surface area (TPSA) is 104 Å². The average Bonchev–Trinajstić information content (AvgIpc) is 3.26. The average molecular weight is 421 g/mol. The van der Waals surface area contributed by atoms with E-state index in [1.54, 1.807) is 7.11 Å². The summed E-state index contributed by atoms with van der Waals surface area (Å²) in [5.41, 5.74) is 0. The van der Waals surface area contributed by atoms with Crippen molar-refractivity contribution in [3.05, 3.63) is 35.1 Å². The lowest BCUT2D eigenvalue weighted by molar-refractivity contribution is -0.113. The molecule has 1 atom stereocenters. The zero-order chi connectivity index (χ0) is 20.1. The smallest absolute Gasteiger partial charge is 0.236 e. The fourth-order valence-electron chi connectivity index (χ4n) is 2.35. The Morgan fingerprint density at radius 1 is 1.21 bits per heavy atom. The molecule has 1 aromatic carbocycles. The maximum absolute atomic E-state index is 12.1. The molecule has 2 aromatic heterocycles. The van der Waals surface area contributed by atoms with Gasteiger partial charge < -0.3 is 14.0 Å². The lowest BCUT2D eigenvalue weighted by Crippen LogP contribution is -2.14. The van der Waals surface area contributed by atoms with E-state index in [4.69, 9.17) is 9.47 Å². The van der Waals surface area contributed by atoms with Crippen LogP contribution in [-0.2, 0) is 11.8 Å². The molecule has 28 heavy (non-hydrogen) atoms. The Hall–Kier alpha value is -2.66. The Bertz CT molecular complexity index is 941. The largest absolute Gasteiger partial charge is 0.497 e. The number of thioether (sulfide) groups is 1. The van der Waals surface area contributed by atoms with E-state index in [1.165, 1.54) is 23.1 Å². The highest BCUT2D eigenvalue weighted by molar-refractivity contribution is 7.99. The zero-order valence-corrected chi connectivity index (χ0v) is 17.5. The number of ether oxygens (including phenoxy) is 2. The second-order valence-electron chi connectivity index (χ2n) is 5.80. The molecule has 3 rings (SSSR count). The monoisotopic (exact) mass is 420 g/mol. The minimum absolute atomic E-state index is 0.173. The number of benzene rings is 1. The van der Waals surface area contributed by atoms with Crippen molar-refractivity contribution in [1.29, 1.82) is 0 Å². The second-order valence-corrected chi connectivity index (χ2v) is 7.92. The van der Waals surface area contributed by atoms with Crippen LogP contribution in [0.2, 0.25) is 0 Å². The predicted octanol–water partition coefficient (Wildman–Crippen LogP) is 2.85. The normalized spacial score (nSPS) is 11.9. The summed E-state index contributed by atoms with van der Waals surface area (Å²) in [4.78, 5) is 12.1. The number of hydrogen-bond donors (Lipinski definition) is 1. The molecule has 0 fully saturated rings. The van der Waals surface area contributed by atoms with Crippen LogP contribution >= 0.6 is 23.1 Å². The molecule has 11 heteroatoms. The SMILES string of the molecule is COc1ccc(OC(C)c2nnc(SCC(=O)Nc3nnc(C)s3)n2C)cc1. The van der Waals surface area contributed by atoms with E-state index >= 15 is 0 Å². The van der Waals surface area contributed by atoms with Gasteiger partial charge in [0, 0.05) is 7.05 Å². The number of carbonyl (C=O) groups is 1. The van der Waals surface area contributed by atoms with Gasteiger partial charge in [-0.15, -0.1) is 20.4 Å². The first-order valence-corrected chi connectivity index (χ1v) is 10.2. The van der Waals surface area contributed by atoms with E-state index in [2.05, 4.69) is 25.7 Å². The van der Waals surface area contributed by atoms with Crippen LogP contribution < -0.4 is 14.8 Å². The van der Waals surface area contributed by atoms with Crippen molar-refractivity contribution >= 4 is 34.1 Å². The third-order valence-electron chi connectivity index (χ3n) is 3.71. The molecule has 0 saturated carbocycles. The summed E-state index contributed by atoms with van der Waals surface area (Å²) < 4.78 is 12.9. The zero-order valence-electron chi connectivity index (χ0n) is 15.9. The number of aromatic nitrogens is 5. The van der Waals surface area contributed by atoms with Crippen molar-refractivity contribution in [2.45, 2.75) is 25.1 Å². The molecule has 9 nitrogen and oxygen atoms in total. The maximum atomic E-state index is 12.1. The van der Waals surface area contributed by atoms with E-state index < -0.39 is 0 Å². The molecule has 148 valence electrons. The van der Waals surface area contributed by atoms with Gasteiger partial charge in [0.2, 0.25) is 11.0 Å². The molecule has 0 radical (unpaired) electrons. The molecule has 0 aliphatic rings. The summed E-state index contributed by atoms with van der Waals surface area (Å²) in [6, 6.07) is 7.33. The van der Waals surface area contributed by atoms with Crippen LogP contribution in [0.15, 0.2) is 29.4 Å². The molecular weight excluding hydrogens is 400 g/mol. The molecule has 1 N–H and O–H groups in total. The van der Waals surface area contributed by atoms with Crippen LogP contribution in [0.1, 0.15) is 23.9 Å². The van der Waals surface area contributed by atoms with Gasteiger partial charge in [-0.3, -0.25) is 10.1 Å². The van der Waals surface area contributed by atoms with Gasteiger partial charge in [0.15, 0.2) is 17.1 Å². The highest BCUT2D eigenvalue weighted by Gasteiger charge is 2.18. The van der Waals surface area contributed by atoms with Crippen molar-refractivity contribution in [2.75, 3.05) is 18.2 Å². The van der Waals surface area contributed by atoms with Gasteiger partial charge in [-0.2, -0.15) is 0 Å². The highest BCUT2D eigenvalue weighted by atomic mass is 32.2. The van der Waals surface area contributed by atoms with Crippen molar-refractivity contribution in [2.24, 2.45) is 7.05 Å². The number of aryl methyl sites for hydroxylation is 1. The molecule has 1 amide bonds. The van der Waals surface area contributed by atoms with Gasteiger partial charge >= 0.3 is 0 Å². The standard InChI is InChI=1S/C17H20N6O3S2/c1-10(26-13-7-5-12(25-4)6-8-13)15-20-22-17(23(15)3)27-9-14(24)18-16-21-19-11(2)28-16/h5-8,10H,9H2,1-4H3,(H,18,21,24). The Balaban J connectivity index is 1.56. The number of nitrogens with zero attached hydrogens (tertiary/aromatic N) is 5. The molecule has 1 unspecified atom stereocenters. The molecular formula is C17H20N6O3S2. The molecule has 0 saturated heterocycles. The Labute approximate surface area is 170 Å². The van der Waals surface area contributed by atoms with Crippen LogP contribution in [0.5, 0.6) is 11.5 Å². The van der Waals surface area contributed by atoms with Gasteiger partial charge in [-0.1, -0.05) is 23.1 Å². The number of amides is 1. The van der Waals surface area contributed by atoms with E-state index in [-0.39, 0.29) is 17.8 Å². The maximum Gasteiger partial charge on any atom is 0.236 e. The third kappa shape index (κ3) is 4.98. The first kappa shape index (κ1) is 20.1. The van der Waals surface area contributed by atoms with Gasteiger partial charge in [0.1, 0.15) is 16.5 Å². The molecule has 0 aliphatic carbocycles. The number of hydrogen-bond acceptors (Lipinski definition) is 9. The lowest BCUT2D eigenvalue weighted by atomic mass is 10.3. The van der Waals surface area contributed by atoms with Crippen molar-refractivity contribution in [3.63, 3.8) is 0 Å². The van der Waals surface area contributed by atoms with Crippen LogP contribution in [0.4, 0.5) is 5.13 Å². The number of methoxy groups -OCH3 is 1. The van der Waals surface area contributed by atoms with Crippen molar-refractivity contribution in [1.82, 2.24) is 25.0 Å². The van der Waals surface area contributed by atoms with E-state index in [0.717, 1.165) is 10.8 Å². The minimum Gasteiger partial charge on any atom is -0.497 e. The molecule has 0 aliphatic heterocycles. The van der Waals surface area contributed by atoms with Gasteiger partial charge in [-0.25, -0.2) is 0 Å². The van der Waals surface area contributed by atoms with Crippen LogP contribution in [0.3, 0.4) is 0 Å². The quantitative estimate of drug-likeness (QED) is 0.555. The van der Waals surface area contributed by atoms with E-state index in [1.807, 2.05) is 49.7 Å². The van der Waals surface area contributed by atoms with Crippen LogP contribution in [0.25, 0.3) is 0 Å². The fraction of sp³-hybridized carbons (Fsp3) is 0.353. The van der Waals surface area contributed by atoms with E-state index in [0.29, 0.717) is 21.9 Å². The number of rotatable bonds is 8. The van der Waals surface area contributed by atoms with Crippen LogP contribution in [0, 0.1) is 6.92 Å². The molecule has 3 aromatic rings. The van der Waals surface area contributed by atoms with Crippen LogP contribution in [-0.4, -0.2) is 43.7 Å². The van der Waals surface area contributed by atoms with E-state index in [9.17, 15) is 4.79 Å². The lowest BCUT2D eigenvalue weighted by Gasteiger charge is -2.14. The number of carbonyl (C=O) groups excluding carboxylic acids is 1. The summed E-state index contributed by atoms with van der Waals surface area (Å²) in [7, 11) is 3.46. The summed E-state index contributed by atoms with van der Waals surface area (Å²) in [5.74, 6) is 2.15. The summed E-state index contributed by atoms with van der Waals surface area (Å²) in [6.07, 6.45) is -0.307. The Morgan fingerprint density at radius 2 is 1.93 bits per heavy atom. The minimum atomic E-state index is -0.307. The highest BCUT2D eigenvalue weighted by Crippen LogP contribution is 2.25. The Kier molecular flexibility index (Phi) is 6.47. The summed E-state index contributed by atoms with van der Waals surface area (Å²) in [5, 5.41) is 20.7. The molecule has 0 bridgehead atoms. The number of anilines is 1. The molecule has 2 heterocycles. The molecule has 0 spiro atoms. The first-order valence-electron chi connectivity index (χ1n) is 8.39. The van der Waals surface area contributed by atoms with Crippen molar-refractivity contribution in [3.8, 4) is 11.5 Å². The van der Waals surface area contributed by atoms with Gasteiger partial charge in [-0.05, 0) is 38.1 Å².